The molecule has 2 heterocycles. The van der Waals surface area contributed by atoms with Gasteiger partial charge in [-0.1, -0.05) is 13.8 Å². The first kappa shape index (κ1) is 23.4. The number of morpholine rings is 1. The van der Waals surface area contributed by atoms with Crippen LogP contribution in [0.25, 0.3) is 0 Å². The molecule has 8 rings (SSSR count). The molecule has 0 aromatic heterocycles. The van der Waals surface area contributed by atoms with Crippen molar-refractivity contribution in [2.45, 2.75) is 70.2 Å². The van der Waals surface area contributed by atoms with Crippen molar-refractivity contribution in [1.29, 1.82) is 0 Å². The molecule has 8 nitrogen and oxygen atoms in total. The Labute approximate surface area is 212 Å². The van der Waals surface area contributed by atoms with Crippen LogP contribution in [0.5, 0.6) is 0 Å². The Balaban J connectivity index is 1.10. The van der Waals surface area contributed by atoms with E-state index in [1.54, 1.807) is 0 Å². The van der Waals surface area contributed by atoms with E-state index in [0.717, 1.165) is 37.5 Å². The lowest BCUT2D eigenvalue weighted by Gasteiger charge is -2.62. The average molecular weight is 502 g/mol. The lowest BCUT2D eigenvalue weighted by Crippen LogP contribution is -2.63. The second kappa shape index (κ2) is 8.42. The number of rotatable bonds is 6. The number of esters is 3. The van der Waals surface area contributed by atoms with Crippen LogP contribution in [0.3, 0.4) is 0 Å². The van der Waals surface area contributed by atoms with Gasteiger partial charge in [0.05, 0.1) is 31.6 Å². The molecule has 8 heteroatoms. The average Bonchev–Trinajstić information content (AvgIpc) is 3.45. The van der Waals surface area contributed by atoms with Crippen LogP contribution in [0.15, 0.2) is 0 Å². The zero-order chi connectivity index (χ0) is 24.8. The van der Waals surface area contributed by atoms with E-state index in [9.17, 15) is 14.4 Å². The second-order valence-corrected chi connectivity index (χ2v) is 13.1. The predicted octanol–water partition coefficient (Wildman–Crippen LogP) is 2.43. The monoisotopic (exact) mass is 501 g/mol. The molecule has 2 saturated heterocycles. The third kappa shape index (κ3) is 3.35. The Morgan fingerprint density at radius 2 is 1.67 bits per heavy atom. The Morgan fingerprint density at radius 1 is 1.00 bits per heavy atom. The summed E-state index contributed by atoms with van der Waals surface area (Å²) < 4.78 is 23.7. The Kier molecular flexibility index (Phi) is 5.48. The molecular weight excluding hydrogens is 462 g/mol. The van der Waals surface area contributed by atoms with Gasteiger partial charge >= 0.3 is 17.9 Å². The van der Waals surface area contributed by atoms with Gasteiger partial charge in [-0.3, -0.25) is 19.3 Å². The first-order chi connectivity index (χ1) is 17.3. The van der Waals surface area contributed by atoms with Crippen molar-refractivity contribution in [2.75, 3.05) is 32.8 Å². The summed E-state index contributed by atoms with van der Waals surface area (Å²) in [6, 6.07) is 0. The van der Waals surface area contributed by atoms with Crippen LogP contribution in [0, 0.1) is 53.3 Å². The van der Waals surface area contributed by atoms with Crippen LogP contribution in [0.2, 0.25) is 0 Å². The summed E-state index contributed by atoms with van der Waals surface area (Å²) in [5, 5.41) is 0. The number of hydrogen-bond donors (Lipinski definition) is 0. The molecule has 6 unspecified atom stereocenters. The fourth-order valence-corrected chi connectivity index (χ4v) is 9.99. The summed E-state index contributed by atoms with van der Waals surface area (Å²) in [4.78, 5) is 41.8. The molecule has 0 radical (unpaired) electrons. The summed E-state index contributed by atoms with van der Waals surface area (Å²) in [5.41, 5.74) is -0.434. The molecule has 6 saturated carbocycles. The molecule has 0 N–H and O–H groups in total. The molecule has 198 valence electrons. The number of ether oxygens (including phenoxy) is 4. The molecule has 0 aromatic carbocycles. The van der Waals surface area contributed by atoms with Gasteiger partial charge in [0.1, 0.15) is 17.8 Å². The van der Waals surface area contributed by atoms with E-state index in [0.29, 0.717) is 44.6 Å². The first-order valence-electron chi connectivity index (χ1n) is 14.3. The van der Waals surface area contributed by atoms with E-state index in [2.05, 4.69) is 13.8 Å². The normalized spacial score (nSPS) is 48.5. The molecule has 0 amide bonds. The highest BCUT2D eigenvalue weighted by molar-refractivity contribution is 5.86. The molecular formula is C28H39NO7. The molecule has 6 aliphatic carbocycles. The summed E-state index contributed by atoms with van der Waals surface area (Å²) >= 11 is 0. The van der Waals surface area contributed by atoms with Crippen LogP contribution in [-0.4, -0.2) is 73.5 Å². The highest BCUT2D eigenvalue weighted by atomic mass is 16.6. The van der Waals surface area contributed by atoms with E-state index in [-0.39, 0.29) is 42.2 Å². The van der Waals surface area contributed by atoms with E-state index >= 15 is 0 Å². The van der Waals surface area contributed by atoms with Crippen molar-refractivity contribution in [3.05, 3.63) is 0 Å². The zero-order valence-electron chi connectivity index (χ0n) is 21.4. The Morgan fingerprint density at radius 3 is 2.31 bits per heavy atom. The number of hydrogen-bond acceptors (Lipinski definition) is 8. The van der Waals surface area contributed by atoms with Gasteiger partial charge in [-0.05, 0) is 68.1 Å². The predicted molar refractivity (Wildman–Crippen MR) is 126 cm³/mol. The quantitative estimate of drug-likeness (QED) is 0.405. The van der Waals surface area contributed by atoms with Gasteiger partial charge < -0.3 is 18.9 Å². The zero-order valence-corrected chi connectivity index (χ0v) is 21.4. The highest BCUT2D eigenvalue weighted by Crippen LogP contribution is 2.63. The van der Waals surface area contributed by atoms with Crippen molar-refractivity contribution in [2.24, 2.45) is 53.3 Å². The van der Waals surface area contributed by atoms with Crippen molar-refractivity contribution < 1.29 is 33.3 Å². The minimum Gasteiger partial charge on any atom is -0.458 e. The van der Waals surface area contributed by atoms with Crippen molar-refractivity contribution in [3.63, 3.8) is 0 Å². The summed E-state index contributed by atoms with van der Waals surface area (Å²) in [5.74, 6) is 0.448. The SMILES string of the molecule is CC(C)C1(OC(=O)C2C3CC4C(OC(=O)C42)C3OC(=O)CN2CCOCC2)C2CC3CC(C2)CC1C3. The standard InChI is InChI=1S/C28H39NO7/c1-14(2)28(17-8-15-7-16(10-17)11-18(28)9-15)36-27(32)23-20-12-19-22(23)26(31)35-25(19)24(20)34-21(30)13-29-3-5-33-6-4-29/h14-20,22-25H,3-13H2,1-2H3. The van der Waals surface area contributed by atoms with Crippen LogP contribution in [0.1, 0.15) is 52.4 Å². The topological polar surface area (TPSA) is 91.4 Å². The van der Waals surface area contributed by atoms with Crippen molar-refractivity contribution >= 4 is 17.9 Å². The molecule has 0 spiro atoms. The fraction of sp³-hybridized carbons (Fsp3) is 0.893. The van der Waals surface area contributed by atoms with Crippen molar-refractivity contribution in [3.8, 4) is 0 Å². The number of carbonyl (C=O) groups excluding carboxylic acids is 3. The largest absolute Gasteiger partial charge is 0.458 e. The third-order valence-electron chi connectivity index (χ3n) is 11.1. The maximum Gasteiger partial charge on any atom is 0.320 e. The van der Waals surface area contributed by atoms with Gasteiger partial charge in [0.25, 0.3) is 0 Å². The minimum atomic E-state index is -0.574. The molecule has 6 bridgehead atoms. The summed E-state index contributed by atoms with van der Waals surface area (Å²) in [6.45, 7) is 7.21. The molecule has 36 heavy (non-hydrogen) atoms. The lowest BCUT2D eigenvalue weighted by molar-refractivity contribution is -0.231. The molecule has 8 fully saturated rings. The molecule has 6 atom stereocenters. The second-order valence-electron chi connectivity index (χ2n) is 13.1. The van der Waals surface area contributed by atoms with Gasteiger partial charge in [0.2, 0.25) is 0 Å². The van der Waals surface area contributed by atoms with Crippen LogP contribution < -0.4 is 0 Å². The third-order valence-corrected chi connectivity index (χ3v) is 11.1. The first-order valence-corrected chi connectivity index (χ1v) is 14.3. The maximum absolute atomic E-state index is 14.0. The maximum atomic E-state index is 14.0. The number of carbonyl (C=O) groups is 3. The van der Waals surface area contributed by atoms with Gasteiger partial charge in [-0.15, -0.1) is 0 Å². The molecule has 2 aliphatic heterocycles. The van der Waals surface area contributed by atoms with Crippen LogP contribution in [0.4, 0.5) is 0 Å². The molecule has 0 aromatic rings. The van der Waals surface area contributed by atoms with E-state index in [1.807, 2.05) is 4.90 Å². The summed E-state index contributed by atoms with van der Waals surface area (Å²) in [6.07, 6.45) is 5.67. The summed E-state index contributed by atoms with van der Waals surface area (Å²) in [7, 11) is 0. The van der Waals surface area contributed by atoms with Gasteiger partial charge in [-0.2, -0.15) is 0 Å². The Bertz CT molecular complexity index is 914. The van der Waals surface area contributed by atoms with Gasteiger partial charge in [-0.25, -0.2) is 0 Å². The van der Waals surface area contributed by atoms with E-state index in [1.165, 1.54) is 6.42 Å². The van der Waals surface area contributed by atoms with Crippen molar-refractivity contribution in [1.82, 2.24) is 4.90 Å². The Hall–Kier alpha value is -1.67. The highest BCUT2D eigenvalue weighted by Gasteiger charge is 2.71. The lowest BCUT2D eigenvalue weighted by atomic mass is 9.47. The fourth-order valence-electron chi connectivity index (χ4n) is 9.99. The smallest absolute Gasteiger partial charge is 0.320 e. The van der Waals surface area contributed by atoms with Crippen LogP contribution in [-0.2, 0) is 33.3 Å². The van der Waals surface area contributed by atoms with Gasteiger partial charge in [0.15, 0.2) is 0 Å². The van der Waals surface area contributed by atoms with E-state index in [4.69, 9.17) is 18.9 Å². The van der Waals surface area contributed by atoms with Gasteiger partial charge in [0, 0.05) is 24.9 Å². The molecule has 8 aliphatic rings. The number of nitrogens with zero attached hydrogens (tertiary/aromatic N) is 1. The van der Waals surface area contributed by atoms with Crippen LogP contribution >= 0.6 is 0 Å². The minimum absolute atomic E-state index is 0.0604. The van der Waals surface area contributed by atoms with E-state index < -0.39 is 29.6 Å². The number of fused-ring (bicyclic) bond motifs is 1.